The lowest BCUT2D eigenvalue weighted by molar-refractivity contribution is 0.340. The summed E-state index contributed by atoms with van der Waals surface area (Å²) in [5.41, 5.74) is 2.04. The zero-order valence-corrected chi connectivity index (χ0v) is 14.6. The zero-order chi connectivity index (χ0) is 17.3. The Hall–Kier alpha value is -2.54. The Morgan fingerprint density at radius 3 is 2.54 bits per heavy atom. The van der Waals surface area contributed by atoms with Gasteiger partial charge >= 0.3 is 0 Å². The summed E-state index contributed by atoms with van der Waals surface area (Å²) in [6, 6.07) is 11.7. The largest absolute Gasteiger partial charge is 0.494 e. The van der Waals surface area contributed by atoms with Gasteiger partial charge in [0.1, 0.15) is 11.6 Å². The van der Waals surface area contributed by atoms with E-state index in [0.717, 1.165) is 11.3 Å². The van der Waals surface area contributed by atoms with E-state index in [2.05, 4.69) is 9.71 Å². The quantitative estimate of drug-likeness (QED) is 0.771. The summed E-state index contributed by atoms with van der Waals surface area (Å²) in [5.74, 6) is 1.53. The van der Waals surface area contributed by atoms with Crippen molar-refractivity contribution in [2.45, 2.75) is 18.7 Å². The van der Waals surface area contributed by atoms with Crippen LogP contribution in [0.2, 0.25) is 0 Å². The normalized spacial score (nSPS) is 11.6. The van der Waals surface area contributed by atoms with Gasteiger partial charge in [-0.25, -0.2) is 13.4 Å². The van der Waals surface area contributed by atoms with Crippen molar-refractivity contribution in [1.29, 1.82) is 0 Å². The molecule has 2 aromatic carbocycles. The molecule has 7 heteroatoms. The summed E-state index contributed by atoms with van der Waals surface area (Å²) in [7, 11) is -1.77. The van der Waals surface area contributed by atoms with Crippen LogP contribution in [-0.4, -0.2) is 24.6 Å². The molecule has 3 aromatic rings. The highest BCUT2D eigenvalue weighted by atomic mass is 32.2. The molecule has 0 saturated carbocycles. The number of ether oxygens (including phenoxy) is 1. The number of benzene rings is 2. The fourth-order valence-electron chi connectivity index (χ4n) is 2.47. The molecule has 3 rings (SSSR count). The third kappa shape index (κ3) is 3.07. The van der Waals surface area contributed by atoms with Crippen molar-refractivity contribution < 1.29 is 13.2 Å². The molecule has 1 N–H and O–H groups in total. The highest BCUT2D eigenvalue weighted by Gasteiger charge is 2.16. The van der Waals surface area contributed by atoms with Gasteiger partial charge in [0, 0.05) is 12.7 Å². The molecule has 24 heavy (non-hydrogen) atoms. The van der Waals surface area contributed by atoms with E-state index in [9.17, 15) is 8.42 Å². The molecule has 126 valence electrons. The number of rotatable bonds is 5. The second kappa shape index (κ2) is 6.16. The number of aryl methyl sites for hydroxylation is 2. The lowest BCUT2D eigenvalue weighted by Gasteiger charge is -2.09. The number of anilines is 1. The maximum atomic E-state index is 12.6. The number of aromatic nitrogens is 2. The van der Waals surface area contributed by atoms with Crippen molar-refractivity contribution in [2.24, 2.45) is 7.05 Å². The number of nitrogens with one attached hydrogen (secondary N) is 1. The zero-order valence-electron chi connectivity index (χ0n) is 13.8. The van der Waals surface area contributed by atoms with E-state index in [1.165, 1.54) is 0 Å². The summed E-state index contributed by atoms with van der Waals surface area (Å²) in [6.07, 6.45) is 0. The molecule has 0 aliphatic heterocycles. The molecule has 0 bridgehead atoms. The molecular weight excluding hydrogens is 326 g/mol. The Balaban J connectivity index is 1.89. The average Bonchev–Trinajstić information content (AvgIpc) is 2.83. The third-order valence-electron chi connectivity index (χ3n) is 3.80. The second-order valence-corrected chi connectivity index (χ2v) is 7.11. The second-order valence-electron chi connectivity index (χ2n) is 5.43. The van der Waals surface area contributed by atoms with Gasteiger partial charge in [0.15, 0.2) is 0 Å². The topological polar surface area (TPSA) is 73.2 Å². The predicted molar refractivity (Wildman–Crippen MR) is 93.9 cm³/mol. The predicted octanol–water partition coefficient (Wildman–Crippen LogP) is 3.08. The smallest absolute Gasteiger partial charge is 0.261 e. The van der Waals surface area contributed by atoms with Crippen LogP contribution in [0.3, 0.4) is 0 Å². The van der Waals surface area contributed by atoms with Crippen molar-refractivity contribution in [3.05, 3.63) is 48.3 Å². The minimum absolute atomic E-state index is 0.182. The standard InChI is InChI=1S/C17H19N3O3S/c1-4-23-14-7-5-13(6-8-14)19-24(21,22)15-9-10-17-16(11-15)18-12(2)20(17)3/h5-11,19H,4H2,1-3H3. The van der Waals surface area contributed by atoms with Gasteiger partial charge in [0.2, 0.25) is 0 Å². The van der Waals surface area contributed by atoms with Gasteiger partial charge in [-0.2, -0.15) is 0 Å². The van der Waals surface area contributed by atoms with E-state index in [4.69, 9.17) is 4.74 Å². The summed E-state index contributed by atoms with van der Waals surface area (Å²) in [6.45, 7) is 4.34. The first-order chi connectivity index (χ1) is 11.4. The first kappa shape index (κ1) is 16.3. The Labute approximate surface area is 141 Å². The van der Waals surface area contributed by atoms with Crippen LogP contribution in [-0.2, 0) is 17.1 Å². The van der Waals surface area contributed by atoms with E-state index < -0.39 is 10.0 Å². The maximum absolute atomic E-state index is 12.6. The van der Waals surface area contributed by atoms with Crippen LogP contribution in [0.4, 0.5) is 5.69 Å². The molecule has 0 radical (unpaired) electrons. The van der Waals surface area contributed by atoms with Crippen molar-refractivity contribution in [2.75, 3.05) is 11.3 Å². The first-order valence-electron chi connectivity index (χ1n) is 7.59. The monoisotopic (exact) mass is 345 g/mol. The molecule has 1 aromatic heterocycles. The van der Waals surface area contributed by atoms with Gasteiger partial charge in [0.05, 0.1) is 22.5 Å². The van der Waals surface area contributed by atoms with Gasteiger partial charge in [-0.15, -0.1) is 0 Å². The van der Waals surface area contributed by atoms with Gasteiger partial charge < -0.3 is 9.30 Å². The lowest BCUT2D eigenvalue weighted by Crippen LogP contribution is -2.12. The van der Waals surface area contributed by atoms with E-state index >= 15 is 0 Å². The fourth-order valence-corrected chi connectivity index (χ4v) is 3.55. The SMILES string of the molecule is CCOc1ccc(NS(=O)(=O)c2ccc3c(c2)nc(C)n3C)cc1. The number of nitrogens with zero attached hydrogens (tertiary/aromatic N) is 2. The van der Waals surface area contributed by atoms with E-state index in [0.29, 0.717) is 23.6 Å². The Bertz CT molecular complexity index is 976. The molecule has 1 heterocycles. The summed E-state index contributed by atoms with van der Waals surface area (Å²) in [4.78, 5) is 4.56. The Morgan fingerprint density at radius 1 is 1.17 bits per heavy atom. The van der Waals surface area contributed by atoms with Crippen LogP contribution in [0.5, 0.6) is 5.75 Å². The van der Waals surface area contributed by atoms with Crippen molar-refractivity contribution >= 4 is 26.7 Å². The highest BCUT2D eigenvalue weighted by Crippen LogP contribution is 2.23. The Morgan fingerprint density at radius 2 is 1.88 bits per heavy atom. The van der Waals surface area contributed by atoms with Crippen LogP contribution >= 0.6 is 0 Å². The van der Waals surface area contributed by atoms with Crippen molar-refractivity contribution in [1.82, 2.24) is 9.55 Å². The van der Waals surface area contributed by atoms with Gasteiger partial charge in [-0.1, -0.05) is 0 Å². The fraction of sp³-hybridized carbons (Fsp3) is 0.235. The van der Waals surface area contributed by atoms with Crippen molar-refractivity contribution in [3.63, 3.8) is 0 Å². The van der Waals surface area contributed by atoms with Crippen LogP contribution in [0, 0.1) is 6.92 Å². The minimum atomic E-state index is -3.67. The van der Waals surface area contributed by atoms with Gasteiger partial charge in [0.25, 0.3) is 10.0 Å². The van der Waals surface area contributed by atoms with Crippen molar-refractivity contribution in [3.8, 4) is 5.75 Å². The maximum Gasteiger partial charge on any atom is 0.261 e. The molecule has 6 nitrogen and oxygen atoms in total. The molecule has 0 spiro atoms. The average molecular weight is 345 g/mol. The van der Waals surface area contributed by atoms with Crippen LogP contribution in [0.25, 0.3) is 11.0 Å². The van der Waals surface area contributed by atoms with Crippen LogP contribution in [0.1, 0.15) is 12.7 Å². The van der Waals surface area contributed by atoms with Crippen LogP contribution < -0.4 is 9.46 Å². The molecule has 0 fully saturated rings. The lowest BCUT2D eigenvalue weighted by atomic mass is 10.3. The first-order valence-corrected chi connectivity index (χ1v) is 9.08. The molecule has 0 aliphatic rings. The summed E-state index contributed by atoms with van der Waals surface area (Å²) in [5, 5.41) is 0. The molecule has 0 saturated heterocycles. The number of hydrogen-bond acceptors (Lipinski definition) is 4. The summed E-state index contributed by atoms with van der Waals surface area (Å²) < 4.78 is 35.0. The molecule has 0 aliphatic carbocycles. The molecular formula is C17H19N3O3S. The van der Waals surface area contributed by atoms with E-state index in [1.807, 2.05) is 25.5 Å². The van der Waals surface area contributed by atoms with E-state index in [1.54, 1.807) is 42.5 Å². The number of imidazole rings is 1. The molecule has 0 unspecified atom stereocenters. The Kier molecular flexibility index (Phi) is 4.19. The molecule has 0 atom stereocenters. The third-order valence-corrected chi connectivity index (χ3v) is 5.18. The number of sulfonamides is 1. The van der Waals surface area contributed by atoms with Gasteiger partial charge in [-0.05, 0) is 56.3 Å². The van der Waals surface area contributed by atoms with Gasteiger partial charge in [-0.3, -0.25) is 4.72 Å². The van der Waals surface area contributed by atoms with Crippen LogP contribution in [0.15, 0.2) is 47.4 Å². The minimum Gasteiger partial charge on any atom is -0.494 e. The number of fused-ring (bicyclic) bond motifs is 1. The summed E-state index contributed by atoms with van der Waals surface area (Å²) >= 11 is 0. The highest BCUT2D eigenvalue weighted by molar-refractivity contribution is 7.92. The molecule has 0 amide bonds. The number of hydrogen-bond donors (Lipinski definition) is 1. The van der Waals surface area contributed by atoms with E-state index in [-0.39, 0.29) is 4.90 Å².